The molecule has 0 bridgehead atoms. The average Bonchev–Trinajstić information content (AvgIpc) is 3.33. The van der Waals surface area contributed by atoms with Crippen molar-refractivity contribution in [2.45, 2.75) is 0 Å². The summed E-state index contributed by atoms with van der Waals surface area (Å²) in [7, 11) is -4.02. The molecule has 0 radical (unpaired) electrons. The molecule has 10 aromatic rings. The molecule has 2 nitrogen and oxygen atoms in total. The van der Waals surface area contributed by atoms with E-state index in [4.69, 9.17) is 9.31 Å². The Kier molecular flexibility index (Phi) is 9.98. The highest BCUT2D eigenvalue weighted by Gasteiger charge is 2.44. The van der Waals surface area contributed by atoms with E-state index < -0.39 is 234 Å². The third-order valence-electron chi connectivity index (χ3n) is 11.5. The Morgan fingerprint density at radius 1 is 0.243 bits per heavy atom. The van der Waals surface area contributed by atoms with Gasteiger partial charge < -0.3 is 9.31 Å². The summed E-state index contributed by atoms with van der Waals surface area (Å²) in [6.07, 6.45) is 0. The van der Waals surface area contributed by atoms with Crippen LogP contribution in [-0.4, -0.2) is 7.12 Å². The fourth-order valence-electron chi connectivity index (χ4n) is 8.53. The maximum atomic E-state index is 16.9. The molecule has 356 valence electrons. The summed E-state index contributed by atoms with van der Waals surface area (Å²) in [5, 5.41) is -19.7. The van der Waals surface area contributed by atoms with Crippen molar-refractivity contribution in [3.8, 4) is 22.6 Å². The predicted molar refractivity (Wildman–Crippen MR) is 198 cm³/mol. The molecular weight excluding hydrogens is 1010 g/mol. The largest absolute Gasteiger partial charge is 0.636 e. The van der Waals surface area contributed by atoms with Gasteiger partial charge >= 0.3 is 7.12 Å². The van der Waals surface area contributed by atoms with Crippen LogP contribution in [0.2, 0.25) is 0 Å². The van der Waals surface area contributed by atoms with Crippen LogP contribution in [0.4, 0.5) is 101 Å². The second kappa shape index (κ2) is 15.2. The van der Waals surface area contributed by atoms with E-state index in [2.05, 4.69) is 0 Å². The van der Waals surface area contributed by atoms with Crippen LogP contribution < -0.4 is 14.8 Å². The lowest BCUT2D eigenvalue weighted by molar-refractivity contribution is 0.362. The van der Waals surface area contributed by atoms with Gasteiger partial charge in [-0.3, -0.25) is 0 Å². The smallest absolute Gasteiger partial charge is 0.519 e. The third kappa shape index (κ3) is 5.62. The Morgan fingerprint density at radius 3 is 1.13 bits per heavy atom. The van der Waals surface area contributed by atoms with E-state index in [1.165, 1.54) is 0 Å². The van der Waals surface area contributed by atoms with Crippen LogP contribution in [0.3, 0.4) is 0 Å². The summed E-state index contributed by atoms with van der Waals surface area (Å²) in [5.74, 6) is -70.9. The van der Waals surface area contributed by atoms with Gasteiger partial charge in [-0.2, -0.15) is 8.78 Å². The van der Waals surface area contributed by atoms with Crippen molar-refractivity contribution in [1.29, 1.82) is 0 Å². The monoisotopic (exact) mass is 1010 g/mol. The van der Waals surface area contributed by atoms with Gasteiger partial charge in [0.05, 0.1) is 48.9 Å². The molecule has 0 saturated carbocycles. The molecule has 0 aliphatic rings. The Balaban J connectivity index is 1.39. The quantitative estimate of drug-likeness (QED) is 0.0543. The van der Waals surface area contributed by atoms with Crippen LogP contribution in [-0.2, 0) is 0 Å². The Bertz CT molecular complexity index is 4010. The fraction of sp³-hybridized carbons (Fsp3) is 0. The molecule has 0 amide bonds. The van der Waals surface area contributed by atoms with Crippen molar-refractivity contribution in [3.63, 3.8) is 0 Å². The summed E-state index contributed by atoms with van der Waals surface area (Å²) in [6.45, 7) is 0. The predicted octanol–water partition coefficient (Wildman–Crippen LogP) is 14.2. The Labute approximate surface area is 368 Å². The standard InChI is InChI=1S/C44H4BF23O2/c46-7-4-2-5-1-3-6-9-8(5)10(7)21(47)22(48)13(9)26(52)34(60)20(6)45(70-44-19(33(59)38(64)40(66)42(44)68)17-29(55)36(62)39(65)37(63)30(17)56)69-43-18-12-11-14(23(49)24(50)16(12)31(57)41(43)67)27(53)35(61)28(54)15(11)25(51)32(18)58/h1-4H. The van der Waals surface area contributed by atoms with Gasteiger partial charge in [0.1, 0.15) is 5.82 Å². The number of hydrogen-bond acceptors (Lipinski definition) is 2. The topological polar surface area (TPSA) is 18.5 Å². The minimum absolute atomic E-state index is 0.409. The van der Waals surface area contributed by atoms with Gasteiger partial charge in [0.2, 0.25) is 17.5 Å². The van der Waals surface area contributed by atoms with Gasteiger partial charge in [0, 0.05) is 21.5 Å². The first-order valence-corrected chi connectivity index (χ1v) is 18.6. The molecule has 0 atom stereocenters. The van der Waals surface area contributed by atoms with E-state index >= 15 is 79.0 Å². The van der Waals surface area contributed by atoms with Crippen molar-refractivity contribution in [2.24, 2.45) is 0 Å². The lowest BCUT2D eigenvalue weighted by Gasteiger charge is -2.25. The van der Waals surface area contributed by atoms with Crippen molar-refractivity contribution < 1.29 is 110 Å². The van der Waals surface area contributed by atoms with Crippen molar-refractivity contribution in [1.82, 2.24) is 0 Å². The summed E-state index contributed by atoms with van der Waals surface area (Å²) in [6, 6.07) is 2.50. The first-order valence-electron chi connectivity index (χ1n) is 18.6. The van der Waals surface area contributed by atoms with Crippen molar-refractivity contribution in [3.05, 3.63) is 158 Å². The molecule has 0 saturated heterocycles. The molecule has 0 N–H and O–H groups in total. The summed E-state index contributed by atoms with van der Waals surface area (Å²) < 4.78 is 367. The first kappa shape index (κ1) is 46.1. The molecule has 70 heavy (non-hydrogen) atoms. The molecule has 0 fully saturated rings. The zero-order valence-corrected chi connectivity index (χ0v) is 32.4. The minimum Gasteiger partial charge on any atom is -0.519 e. The highest BCUT2D eigenvalue weighted by molar-refractivity contribution is 6.66. The molecule has 0 aliphatic carbocycles. The lowest BCUT2D eigenvalue weighted by Crippen LogP contribution is -2.46. The zero-order valence-electron chi connectivity index (χ0n) is 32.4. The van der Waals surface area contributed by atoms with Crippen LogP contribution in [0, 0.1) is 134 Å². The normalized spacial score (nSPS) is 12.2. The summed E-state index contributed by atoms with van der Waals surface area (Å²) in [5.41, 5.74) is -7.63. The maximum Gasteiger partial charge on any atom is 0.636 e. The van der Waals surface area contributed by atoms with Gasteiger partial charge in [-0.1, -0.05) is 18.2 Å². The van der Waals surface area contributed by atoms with E-state index in [1.807, 2.05) is 0 Å². The summed E-state index contributed by atoms with van der Waals surface area (Å²) in [4.78, 5) is 0. The molecule has 10 aromatic carbocycles. The zero-order chi connectivity index (χ0) is 50.9. The number of halogens is 23. The molecule has 0 aromatic heterocycles. The van der Waals surface area contributed by atoms with E-state index in [9.17, 15) is 22.0 Å². The van der Waals surface area contributed by atoms with E-state index in [-0.39, 0.29) is 0 Å². The average molecular weight is 1010 g/mol. The van der Waals surface area contributed by atoms with E-state index in [1.54, 1.807) is 0 Å². The number of benzene rings is 10. The molecule has 26 heteroatoms. The second-order valence-electron chi connectivity index (χ2n) is 14.9. The van der Waals surface area contributed by atoms with Gasteiger partial charge in [0.15, 0.2) is 122 Å². The molecular formula is C44H4BF23O2. The van der Waals surface area contributed by atoms with Crippen LogP contribution in [0.5, 0.6) is 11.5 Å². The van der Waals surface area contributed by atoms with Crippen molar-refractivity contribution >= 4 is 77.2 Å². The number of hydrogen-bond donors (Lipinski definition) is 0. The van der Waals surface area contributed by atoms with Crippen LogP contribution in [0.1, 0.15) is 0 Å². The van der Waals surface area contributed by atoms with Crippen LogP contribution in [0.15, 0.2) is 24.3 Å². The van der Waals surface area contributed by atoms with Gasteiger partial charge in [-0.25, -0.2) is 92.2 Å². The highest BCUT2D eigenvalue weighted by atomic mass is 19.2. The van der Waals surface area contributed by atoms with Crippen LogP contribution in [0.25, 0.3) is 75.8 Å². The number of rotatable bonds is 6. The lowest BCUT2D eigenvalue weighted by atomic mass is 9.73. The fourth-order valence-corrected chi connectivity index (χ4v) is 8.53. The van der Waals surface area contributed by atoms with E-state index in [0.717, 1.165) is 6.07 Å². The molecule has 0 heterocycles. The third-order valence-corrected chi connectivity index (χ3v) is 11.5. The molecule has 0 unspecified atom stereocenters. The summed E-state index contributed by atoms with van der Waals surface area (Å²) >= 11 is 0. The second-order valence-corrected chi connectivity index (χ2v) is 14.9. The molecule has 0 spiro atoms. The van der Waals surface area contributed by atoms with E-state index in [0.29, 0.717) is 18.2 Å². The maximum absolute atomic E-state index is 16.9. The SMILES string of the molecule is Fc1c(F)c(F)c(-c2c(F)c(F)c(F)c(F)c2OB(Oc2c(F)c(F)c3c(F)c(F)c4c(F)c(F)c(F)c5c(F)c(F)c2c3c45)c2c(F)c(F)c3c(F)c(F)c4c(F)ccc5ccc2c3c54)c(F)c1F. The molecule has 0 aliphatic heterocycles. The van der Waals surface area contributed by atoms with Gasteiger partial charge in [-0.15, -0.1) is 0 Å². The highest BCUT2D eigenvalue weighted by Crippen LogP contribution is 2.50. The first-order chi connectivity index (χ1) is 32.9. The molecule has 10 rings (SSSR count). The van der Waals surface area contributed by atoms with Crippen molar-refractivity contribution in [2.75, 3.05) is 0 Å². The minimum atomic E-state index is -4.02. The van der Waals surface area contributed by atoms with Crippen LogP contribution >= 0.6 is 0 Å². The Morgan fingerprint density at radius 2 is 0.586 bits per heavy atom. The van der Waals surface area contributed by atoms with Gasteiger partial charge in [-0.05, 0) is 16.8 Å². The van der Waals surface area contributed by atoms with Gasteiger partial charge in [0.25, 0.3) is 0 Å². The Hall–Kier alpha value is -7.67.